The van der Waals surface area contributed by atoms with Gasteiger partial charge < -0.3 is 11.1 Å². The molecule has 0 bridgehead atoms. The van der Waals surface area contributed by atoms with Crippen LogP contribution in [0.3, 0.4) is 0 Å². The van der Waals surface area contributed by atoms with Crippen molar-refractivity contribution in [2.45, 2.75) is 26.8 Å². The molecule has 0 fully saturated rings. The van der Waals surface area contributed by atoms with Gasteiger partial charge in [-0.25, -0.2) is 0 Å². The van der Waals surface area contributed by atoms with Crippen LogP contribution in [0.1, 0.15) is 28.3 Å². The Kier molecular flexibility index (Phi) is 4.34. The van der Waals surface area contributed by atoms with Gasteiger partial charge in [0.15, 0.2) is 0 Å². The molecule has 106 valence electrons. The zero-order valence-corrected chi connectivity index (χ0v) is 11.8. The van der Waals surface area contributed by atoms with Gasteiger partial charge in [-0.15, -0.1) is 0 Å². The highest BCUT2D eigenvalue weighted by Gasteiger charge is 2.06. The van der Waals surface area contributed by atoms with Crippen LogP contribution in [0.5, 0.6) is 0 Å². The number of anilines is 1. The number of nitrogens with zero attached hydrogens (tertiary/aromatic N) is 3. The minimum atomic E-state index is -0.203. The van der Waals surface area contributed by atoms with Gasteiger partial charge in [-0.1, -0.05) is 0 Å². The van der Waals surface area contributed by atoms with Crippen molar-refractivity contribution >= 4 is 11.6 Å². The number of nitrogens with one attached hydrogen (secondary N) is 1. The fourth-order valence-electron chi connectivity index (χ4n) is 1.99. The van der Waals surface area contributed by atoms with E-state index in [1.807, 2.05) is 24.6 Å². The minimum Gasteiger partial charge on any atom is -0.399 e. The molecular weight excluding hydrogens is 254 g/mol. The molecule has 1 amide bonds. The Hall–Kier alpha value is -2.37. The predicted octanol–water partition coefficient (Wildman–Crippen LogP) is 1.30. The van der Waals surface area contributed by atoms with E-state index in [9.17, 15) is 4.79 Å². The van der Waals surface area contributed by atoms with Crippen molar-refractivity contribution < 1.29 is 4.79 Å². The first-order valence-corrected chi connectivity index (χ1v) is 6.57. The minimum absolute atomic E-state index is 0.203. The van der Waals surface area contributed by atoms with Crippen LogP contribution in [-0.2, 0) is 6.54 Å². The van der Waals surface area contributed by atoms with E-state index in [2.05, 4.69) is 15.4 Å². The van der Waals surface area contributed by atoms with E-state index in [-0.39, 0.29) is 5.91 Å². The molecule has 2 aromatic heterocycles. The molecule has 0 unspecified atom stereocenters. The lowest BCUT2D eigenvalue weighted by Crippen LogP contribution is -2.26. The number of aromatic nitrogens is 3. The molecule has 6 nitrogen and oxygen atoms in total. The van der Waals surface area contributed by atoms with E-state index in [0.29, 0.717) is 17.9 Å². The zero-order valence-electron chi connectivity index (χ0n) is 11.8. The Bertz CT molecular complexity index is 605. The lowest BCUT2D eigenvalue weighted by atomic mass is 10.3. The van der Waals surface area contributed by atoms with E-state index in [1.54, 1.807) is 12.1 Å². The number of hydrogen-bond donors (Lipinski definition) is 2. The molecule has 0 aliphatic rings. The van der Waals surface area contributed by atoms with E-state index >= 15 is 0 Å². The number of hydrogen-bond acceptors (Lipinski definition) is 4. The number of nitrogens with two attached hydrogens (primary N) is 1. The summed E-state index contributed by atoms with van der Waals surface area (Å²) in [5.41, 5.74) is 8.63. The van der Waals surface area contributed by atoms with Crippen molar-refractivity contribution in [2.75, 3.05) is 12.3 Å². The van der Waals surface area contributed by atoms with Crippen molar-refractivity contribution in [1.29, 1.82) is 0 Å². The second-order valence-electron chi connectivity index (χ2n) is 4.73. The SMILES string of the molecule is Cc1cc(C)n(CCCNC(=O)c2cc(N)ccn2)n1. The van der Waals surface area contributed by atoms with Gasteiger partial charge in [0, 0.05) is 30.7 Å². The zero-order chi connectivity index (χ0) is 14.5. The first-order valence-electron chi connectivity index (χ1n) is 6.57. The molecule has 2 rings (SSSR count). The van der Waals surface area contributed by atoms with Crippen molar-refractivity contribution in [1.82, 2.24) is 20.1 Å². The molecule has 2 heterocycles. The van der Waals surface area contributed by atoms with Gasteiger partial charge in [0.2, 0.25) is 0 Å². The average molecular weight is 273 g/mol. The molecule has 0 atom stereocenters. The second kappa shape index (κ2) is 6.18. The predicted molar refractivity (Wildman–Crippen MR) is 77.3 cm³/mol. The number of carbonyl (C=O) groups excluding carboxylic acids is 1. The molecular formula is C14H19N5O. The molecule has 20 heavy (non-hydrogen) atoms. The Labute approximate surface area is 118 Å². The van der Waals surface area contributed by atoms with Gasteiger partial charge in [0.25, 0.3) is 5.91 Å². The average Bonchev–Trinajstić information content (AvgIpc) is 2.73. The number of amides is 1. The van der Waals surface area contributed by atoms with E-state index in [4.69, 9.17) is 5.73 Å². The largest absolute Gasteiger partial charge is 0.399 e. The summed E-state index contributed by atoms with van der Waals surface area (Å²) in [6.07, 6.45) is 2.34. The number of rotatable bonds is 5. The summed E-state index contributed by atoms with van der Waals surface area (Å²) in [7, 11) is 0. The van der Waals surface area contributed by atoms with E-state index < -0.39 is 0 Å². The molecule has 0 aliphatic carbocycles. The molecule has 0 radical (unpaired) electrons. The Balaban J connectivity index is 1.79. The Morgan fingerprint density at radius 1 is 1.40 bits per heavy atom. The normalized spacial score (nSPS) is 10.5. The van der Waals surface area contributed by atoms with E-state index in [1.165, 1.54) is 6.20 Å². The highest BCUT2D eigenvalue weighted by molar-refractivity contribution is 5.92. The quantitative estimate of drug-likeness (QED) is 0.804. The van der Waals surface area contributed by atoms with Gasteiger partial charge in [0.1, 0.15) is 5.69 Å². The van der Waals surface area contributed by atoms with Gasteiger partial charge >= 0.3 is 0 Å². The van der Waals surface area contributed by atoms with Crippen LogP contribution in [0.15, 0.2) is 24.4 Å². The summed E-state index contributed by atoms with van der Waals surface area (Å²) in [6, 6.07) is 5.26. The fraction of sp³-hybridized carbons (Fsp3) is 0.357. The number of carbonyl (C=O) groups is 1. The monoisotopic (exact) mass is 273 g/mol. The molecule has 0 saturated heterocycles. The summed E-state index contributed by atoms with van der Waals surface area (Å²) in [5, 5.41) is 7.20. The Morgan fingerprint density at radius 2 is 2.20 bits per heavy atom. The van der Waals surface area contributed by atoms with Crippen LogP contribution < -0.4 is 11.1 Å². The van der Waals surface area contributed by atoms with Gasteiger partial charge in [-0.05, 0) is 38.5 Å². The summed E-state index contributed by atoms with van der Waals surface area (Å²) >= 11 is 0. The molecule has 0 aliphatic heterocycles. The highest BCUT2D eigenvalue weighted by Crippen LogP contribution is 2.04. The van der Waals surface area contributed by atoms with Crippen LogP contribution in [0.2, 0.25) is 0 Å². The summed E-state index contributed by atoms with van der Waals surface area (Å²) in [5.74, 6) is -0.203. The second-order valence-corrected chi connectivity index (χ2v) is 4.73. The van der Waals surface area contributed by atoms with E-state index in [0.717, 1.165) is 24.4 Å². The molecule has 0 saturated carbocycles. The smallest absolute Gasteiger partial charge is 0.269 e. The molecule has 0 spiro atoms. The lowest BCUT2D eigenvalue weighted by Gasteiger charge is -2.06. The third kappa shape index (κ3) is 3.57. The lowest BCUT2D eigenvalue weighted by molar-refractivity contribution is 0.0947. The molecule has 2 aromatic rings. The maximum Gasteiger partial charge on any atom is 0.269 e. The highest BCUT2D eigenvalue weighted by atomic mass is 16.1. The molecule has 6 heteroatoms. The molecule has 3 N–H and O–H groups in total. The van der Waals surface area contributed by atoms with Crippen LogP contribution in [0, 0.1) is 13.8 Å². The maximum absolute atomic E-state index is 11.8. The standard InChI is InChI=1S/C14H19N5O/c1-10-8-11(2)19(18-10)7-3-5-17-14(20)13-9-12(15)4-6-16-13/h4,6,8-9H,3,5,7H2,1-2H3,(H2,15,16)(H,17,20). The first-order chi connectivity index (χ1) is 9.56. The molecule has 0 aromatic carbocycles. The number of aryl methyl sites for hydroxylation is 3. The number of pyridine rings is 1. The fourth-order valence-corrected chi connectivity index (χ4v) is 1.99. The summed E-state index contributed by atoms with van der Waals surface area (Å²) in [6.45, 7) is 5.35. The maximum atomic E-state index is 11.8. The van der Waals surface area contributed by atoms with Crippen LogP contribution >= 0.6 is 0 Å². The third-order valence-electron chi connectivity index (χ3n) is 2.95. The van der Waals surface area contributed by atoms with Gasteiger partial charge in [0.05, 0.1) is 5.69 Å². The third-order valence-corrected chi connectivity index (χ3v) is 2.95. The van der Waals surface area contributed by atoms with Crippen LogP contribution in [0.4, 0.5) is 5.69 Å². The summed E-state index contributed by atoms with van der Waals surface area (Å²) < 4.78 is 1.94. The first kappa shape index (κ1) is 14.0. The topological polar surface area (TPSA) is 85.8 Å². The van der Waals surface area contributed by atoms with Crippen molar-refractivity contribution in [3.05, 3.63) is 41.5 Å². The van der Waals surface area contributed by atoms with Crippen molar-refractivity contribution in [3.63, 3.8) is 0 Å². The van der Waals surface area contributed by atoms with Crippen LogP contribution in [-0.4, -0.2) is 27.2 Å². The van der Waals surface area contributed by atoms with Gasteiger partial charge in [-0.2, -0.15) is 5.10 Å². The Morgan fingerprint density at radius 3 is 2.85 bits per heavy atom. The van der Waals surface area contributed by atoms with Gasteiger partial charge in [-0.3, -0.25) is 14.5 Å². The summed E-state index contributed by atoms with van der Waals surface area (Å²) in [4.78, 5) is 15.8. The van der Waals surface area contributed by atoms with Crippen molar-refractivity contribution in [3.8, 4) is 0 Å². The van der Waals surface area contributed by atoms with Crippen LogP contribution in [0.25, 0.3) is 0 Å². The number of nitrogen functional groups attached to an aromatic ring is 1. The van der Waals surface area contributed by atoms with Crippen molar-refractivity contribution in [2.24, 2.45) is 0 Å².